The summed E-state index contributed by atoms with van der Waals surface area (Å²) in [5.74, 6) is 1.66. The van der Waals surface area contributed by atoms with E-state index < -0.39 is 0 Å². The Kier molecular flexibility index (Phi) is 15.5. The Morgan fingerprint density at radius 1 is 0.971 bits per heavy atom. The summed E-state index contributed by atoms with van der Waals surface area (Å²) in [6.45, 7) is 19.2. The minimum absolute atomic E-state index is 0.157. The van der Waals surface area contributed by atoms with E-state index >= 15 is 0 Å². The minimum Gasteiger partial charge on any atom is -0.502 e. The van der Waals surface area contributed by atoms with Gasteiger partial charge >= 0.3 is 0 Å². The first kappa shape index (κ1) is 31.3. The number of ether oxygens (including phenoxy) is 1. The van der Waals surface area contributed by atoms with Gasteiger partial charge in [-0.25, -0.2) is 0 Å². The molecule has 0 fully saturated rings. The van der Waals surface area contributed by atoms with Crippen LogP contribution in [0.4, 0.5) is 0 Å². The maximum absolute atomic E-state index is 5.87. The van der Waals surface area contributed by atoms with Crippen LogP contribution in [0.1, 0.15) is 85.4 Å². The molecule has 2 aromatic carbocycles. The molecule has 0 aromatic heterocycles. The number of rotatable bonds is 7. The molecule has 0 bridgehead atoms. The number of benzene rings is 2. The zero-order chi connectivity index (χ0) is 26.1. The van der Waals surface area contributed by atoms with E-state index in [2.05, 4.69) is 90.1 Å². The first-order chi connectivity index (χ1) is 16.1. The van der Waals surface area contributed by atoms with Crippen molar-refractivity contribution in [3.63, 3.8) is 0 Å². The van der Waals surface area contributed by atoms with Crippen LogP contribution >= 0.6 is 0 Å². The summed E-state index contributed by atoms with van der Waals surface area (Å²) in [4.78, 5) is 0. The van der Waals surface area contributed by atoms with Gasteiger partial charge in [0.25, 0.3) is 0 Å². The molecule has 34 heavy (non-hydrogen) atoms. The second-order valence-corrected chi connectivity index (χ2v) is 9.31. The SMILES string of the molecule is CC.CC(=C/Cc1ccccc1C(C)(C)C)/C(=C\N)c1ccccc1.CCC(C)/C=C(/C)OC. The summed E-state index contributed by atoms with van der Waals surface area (Å²) in [6, 6.07) is 19.0. The Morgan fingerprint density at radius 3 is 2.03 bits per heavy atom. The summed E-state index contributed by atoms with van der Waals surface area (Å²) in [6.07, 6.45) is 8.22. The lowest BCUT2D eigenvalue weighted by Crippen LogP contribution is -2.13. The average molecular weight is 464 g/mol. The van der Waals surface area contributed by atoms with E-state index in [0.29, 0.717) is 5.92 Å². The van der Waals surface area contributed by atoms with Gasteiger partial charge in [-0.2, -0.15) is 0 Å². The van der Waals surface area contributed by atoms with E-state index in [1.54, 1.807) is 13.3 Å². The molecule has 0 amide bonds. The zero-order valence-electron chi connectivity index (χ0n) is 23.4. The summed E-state index contributed by atoms with van der Waals surface area (Å²) in [7, 11) is 1.70. The first-order valence-corrected chi connectivity index (χ1v) is 12.6. The average Bonchev–Trinajstić information content (AvgIpc) is 2.85. The van der Waals surface area contributed by atoms with Gasteiger partial charge < -0.3 is 10.5 Å². The molecule has 2 rings (SSSR count). The van der Waals surface area contributed by atoms with Crippen LogP contribution in [0.5, 0.6) is 0 Å². The fourth-order valence-electron chi connectivity index (χ4n) is 3.46. The summed E-state index contributed by atoms with van der Waals surface area (Å²) in [5.41, 5.74) is 12.3. The Morgan fingerprint density at radius 2 is 1.53 bits per heavy atom. The standard InChI is InChI=1S/C22H27N.C8H16O.C2H6/c1-17(20(16-23)18-10-6-5-7-11-18)14-15-19-12-8-9-13-21(19)22(2,3)4;1-5-7(2)6-8(3)9-4;1-2/h5-14,16H,15,23H2,1-4H3;6-7H,5H2,1-4H3;1-2H3/b17-14-,20-16+;8-6-;. The Labute approximate surface area is 210 Å². The van der Waals surface area contributed by atoms with E-state index in [9.17, 15) is 0 Å². The molecule has 0 saturated carbocycles. The van der Waals surface area contributed by atoms with Crippen LogP contribution in [0.2, 0.25) is 0 Å². The fraction of sp³-hybridized carbons (Fsp3) is 0.438. The Balaban J connectivity index is 0.000000836. The third kappa shape index (κ3) is 11.4. The van der Waals surface area contributed by atoms with Crippen molar-refractivity contribution in [1.82, 2.24) is 0 Å². The lowest BCUT2D eigenvalue weighted by molar-refractivity contribution is 0.289. The van der Waals surface area contributed by atoms with E-state index in [4.69, 9.17) is 10.5 Å². The molecule has 1 atom stereocenters. The van der Waals surface area contributed by atoms with Gasteiger partial charge in [-0.1, -0.05) is 109 Å². The van der Waals surface area contributed by atoms with Crippen molar-refractivity contribution in [3.05, 3.63) is 101 Å². The van der Waals surface area contributed by atoms with Gasteiger partial charge in [-0.15, -0.1) is 0 Å². The molecular weight excluding hydrogens is 414 g/mol. The molecule has 0 aliphatic heterocycles. The smallest absolute Gasteiger partial charge is 0.0887 e. The van der Waals surface area contributed by atoms with Crippen molar-refractivity contribution in [3.8, 4) is 0 Å². The van der Waals surface area contributed by atoms with Gasteiger partial charge in [0.15, 0.2) is 0 Å². The van der Waals surface area contributed by atoms with Crippen molar-refractivity contribution in [2.45, 2.75) is 80.6 Å². The number of hydrogen-bond acceptors (Lipinski definition) is 2. The second-order valence-electron chi connectivity index (χ2n) is 9.31. The van der Waals surface area contributed by atoms with Crippen molar-refractivity contribution in [2.75, 3.05) is 7.11 Å². The summed E-state index contributed by atoms with van der Waals surface area (Å²) >= 11 is 0. The topological polar surface area (TPSA) is 35.2 Å². The molecule has 0 spiro atoms. The lowest BCUT2D eigenvalue weighted by Gasteiger charge is -2.22. The highest BCUT2D eigenvalue weighted by Gasteiger charge is 2.16. The molecular formula is C32H49NO. The number of hydrogen-bond donors (Lipinski definition) is 1. The summed E-state index contributed by atoms with van der Waals surface area (Å²) < 4.78 is 4.98. The predicted molar refractivity (Wildman–Crippen MR) is 153 cm³/mol. The van der Waals surface area contributed by atoms with Crippen molar-refractivity contribution in [2.24, 2.45) is 11.7 Å². The number of nitrogens with two attached hydrogens (primary N) is 1. The van der Waals surface area contributed by atoms with Gasteiger partial charge in [0.05, 0.1) is 12.9 Å². The minimum atomic E-state index is 0.157. The molecule has 0 aliphatic carbocycles. The Bertz CT molecular complexity index is 898. The van der Waals surface area contributed by atoms with Crippen LogP contribution in [0.15, 0.2) is 84.3 Å². The van der Waals surface area contributed by atoms with Gasteiger partial charge in [0.2, 0.25) is 0 Å². The maximum atomic E-state index is 5.87. The molecule has 188 valence electrons. The van der Waals surface area contributed by atoms with E-state index in [1.807, 2.05) is 39.0 Å². The van der Waals surface area contributed by atoms with Gasteiger partial charge in [0, 0.05) is 6.20 Å². The summed E-state index contributed by atoms with van der Waals surface area (Å²) in [5, 5.41) is 0. The number of methoxy groups -OCH3 is 1. The van der Waals surface area contributed by atoms with Crippen LogP contribution in [0.25, 0.3) is 5.57 Å². The zero-order valence-corrected chi connectivity index (χ0v) is 23.4. The molecule has 0 aliphatic rings. The first-order valence-electron chi connectivity index (χ1n) is 12.6. The third-order valence-electron chi connectivity index (χ3n) is 5.61. The van der Waals surface area contributed by atoms with E-state index in [0.717, 1.165) is 23.3 Å². The van der Waals surface area contributed by atoms with E-state index in [1.165, 1.54) is 23.1 Å². The molecule has 0 heterocycles. The Hall–Kier alpha value is -2.74. The molecule has 1 unspecified atom stereocenters. The molecule has 2 aromatic rings. The second kappa shape index (κ2) is 16.8. The lowest BCUT2D eigenvalue weighted by atomic mass is 9.82. The largest absolute Gasteiger partial charge is 0.502 e. The van der Waals surface area contributed by atoms with Crippen LogP contribution < -0.4 is 5.73 Å². The highest BCUT2D eigenvalue weighted by atomic mass is 16.5. The van der Waals surface area contributed by atoms with Crippen LogP contribution in [-0.4, -0.2) is 7.11 Å². The molecule has 0 saturated heterocycles. The molecule has 2 N–H and O–H groups in total. The van der Waals surface area contributed by atoms with Crippen molar-refractivity contribution in [1.29, 1.82) is 0 Å². The highest BCUT2D eigenvalue weighted by molar-refractivity contribution is 5.78. The van der Waals surface area contributed by atoms with Gasteiger partial charge in [-0.05, 0) is 71.9 Å². The number of allylic oxidation sites excluding steroid dienone is 5. The highest BCUT2D eigenvalue weighted by Crippen LogP contribution is 2.27. The molecule has 2 nitrogen and oxygen atoms in total. The van der Waals surface area contributed by atoms with Crippen molar-refractivity contribution < 1.29 is 4.74 Å². The van der Waals surface area contributed by atoms with Gasteiger partial charge in [0.1, 0.15) is 0 Å². The molecule has 2 heteroatoms. The maximum Gasteiger partial charge on any atom is 0.0887 e. The van der Waals surface area contributed by atoms with Crippen LogP contribution in [0, 0.1) is 5.92 Å². The van der Waals surface area contributed by atoms with Crippen LogP contribution in [0.3, 0.4) is 0 Å². The van der Waals surface area contributed by atoms with Gasteiger partial charge in [-0.3, -0.25) is 0 Å². The quantitative estimate of drug-likeness (QED) is 0.328. The monoisotopic (exact) mass is 463 g/mol. The normalized spacial score (nSPS) is 13.2. The predicted octanol–water partition coefficient (Wildman–Crippen LogP) is 9.08. The fourth-order valence-corrected chi connectivity index (χ4v) is 3.46. The molecule has 0 radical (unpaired) electrons. The third-order valence-corrected chi connectivity index (χ3v) is 5.61. The van der Waals surface area contributed by atoms with E-state index in [-0.39, 0.29) is 5.41 Å². The van der Waals surface area contributed by atoms with Crippen molar-refractivity contribution >= 4 is 5.57 Å². The van der Waals surface area contributed by atoms with Crippen LogP contribution in [-0.2, 0) is 16.6 Å².